The molecule has 0 bridgehead atoms. The Balaban J connectivity index is 1.86. The van der Waals surface area contributed by atoms with Crippen molar-refractivity contribution in [3.8, 4) is 5.75 Å². The zero-order chi connectivity index (χ0) is 24.5. The molecule has 3 aromatic rings. The van der Waals surface area contributed by atoms with Crippen LogP contribution in [0.3, 0.4) is 0 Å². The summed E-state index contributed by atoms with van der Waals surface area (Å²) in [6.07, 6.45) is 1.29. The molecule has 0 aromatic heterocycles. The largest absolute Gasteiger partial charge is 0.483 e. The van der Waals surface area contributed by atoms with Crippen LogP contribution in [0.2, 0.25) is 5.02 Å². The summed E-state index contributed by atoms with van der Waals surface area (Å²) in [4.78, 5) is 28.0. The third-order valence-corrected chi connectivity index (χ3v) is 6.41. The average Bonchev–Trinajstić information content (AvgIpc) is 2.86. The Labute approximate surface area is 214 Å². The number of aryl methyl sites for hydroxylation is 1. The molecule has 0 saturated heterocycles. The zero-order valence-corrected chi connectivity index (χ0v) is 21.6. The van der Waals surface area contributed by atoms with Crippen LogP contribution in [0.15, 0.2) is 77.3 Å². The minimum absolute atomic E-state index is 0.194. The lowest BCUT2D eigenvalue weighted by atomic mass is 10.0. The van der Waals surface area contributed by atoms with E-state index in [2.05, 4.69) is 28.2 Å². The average molecular weight is 544 g/mol. The second kappa shape index (κ2) is 12.6. The van der Waals surface area contributed by atoms with Crippen LogP contribution in [0.1, 0.15) is 23.6 Å². The number of amides is 2. The van der Waals surface area contributed by atoms with Crippen LogP contribution in [-0.2, 0) is 29.0 Å². The standard InChI is InChI=1S/C27H28BrClN2O3/c1-3-19-11-14-25(23(28)15-19)34-18-26(32)31(17-21-9-12-22(29)13-10-21)24(27(33)30-2)16-20-7-5-4-6-8-20/h4-15,24H,3,16-18H2,1-2H3,(H,30,33). The van der Waals surface area contributed by atoms with Gasteiger partial charge in [-0.15, -0.1) is 0 Å². The van der Waals surface area contributed by atoms with Crippen molar-refractivity contribution in [1.29, 1.82) is 0 Å². The Morgan fingerprint density at radius 1 is 1.00 bits per heavy atom. The van der Waals surface area contributed by atoms with Gasteiger partial charge in [0.25, 0.3) is 5.91 Å². The predicted octanol–water partition coefficient (Wildman–Crippen LogP) is 5.43. The molecule has 5 nitrogen and oxygen atoms in total. The summed E-state index contributed by atoms with van der Waals surface area (Å²) in [5.74, 6) is 0.0575. The summed E-state index contributed by atoms with van der Waals surface area (Å²) in [5, 5.41) is 3.32. The molecule has 34 heavy (non-hydrogen) atoms. The summed E-state index contributed by atoms with van der Waals surface area (Å²) < 4.78 is 6.65. The molecule has 0 fully saturated rings. The minimum Gasteiger partial charge on any atom is -0.483 e. The number of hydrogen-bond acceptors (Lipinski definition) is 3. The topological polar surface area (TPSA) is 58.6 Å². The van der Waals surface area contributed by atoms with E-state index in [9.17, 15) is 9.59 Å². The molecular weight excluding hydrogens is 516 g/mol. The van der Waals surface area contributed by atoms with Gasteiger partial charge in [0.1, 0.15) is 11.8 Å². The highest BCUT2D eigenvalue weighted by Gasteiger charge is 2.30. The number of carbonyl (C=O) groups is 2. The van der Waals surface area contributed by atoms with Crippen LogP contribution >= 0.6 is 27.5 Å². The maximum Gasteiger partial charge on any atom is 0.261 e. The van der Waals surface area contributed by atoms with Crippen molar-refractivity contribution >= 4 is 39.3 Å². The van der Waals surface area contributed by atoms with E-state index in [1.54, 1.807) is 24.1 Å². The van der Waals surface area contributed by atoms with Gasteiger partial charge in [0.05, 0.1) is 4.47 Å². The van der Waals surface area contributed by atoms with Crippen molar-refractivity contribution < 1.29 is 14.3 Å². The van der Waals surface area contributed by atoms with Crippen LogP contribution in [0.5, 0.6) is 5.75 Å². The Kier molecular flexibility index (Phi) is 9.54. The van der Waals surface area contributed by atoms with Gasteiger partial charge in [-0.2, -0.15) is 0 Å². The number of likely N-dealkylation sites (N-methyl/N-ethyl adjacent to an activating group) is 1. The fraction of sp³-hybridized carbons (Fsp3) is 0.259. The molecule has 0 heterocycles. The molecule has 3 aromatic carbocycles. The summed E-state index contributed by atoms with van der Waals surface area (Å²) in [6, 6.07) is 22.0. The third-order valence-electron chi connectivity index (χ3n) is 5.54. The van der Waals surface area contributed by atoms with Gasteiger partial charge in [-0.3, -0.25) is 9.59 Å². The molecule has 2 amide bonds. The molecule has 0 saturated carbocycles. The predicted molar refractivity (Wildman–Crippen MR) is 139 cm³/mol. The first-order valence-corrected chi connectivity index (χ1v) is 12.3. The SMILES string of the molecule is CCc1ccc(OCC(=O)N(Cc2ccc(Cl)cc2)C(Cc2ccccc2)C(=O)NC)c(Br)c1. The number of nitrogens with one attached hydrogen (secondary N) is 1. The molecule has 1 N–H and O–H groups in total. The molecular formula is C27H28BrClN2O3. The van der Waals surface area contributed by atoms with E-state index < -0.39 is 6.04 Å². The molecule has 1 unspecified atom stereocenters. The van der Waals surface area contributed by atoms with Gasteiger partial charge in [0.15, 0.2) is 6.61 Å². The minimum atomic E-state index is -0.704. The summed E-state index contributed by atoms with van der Waals surface area (Å²) in [5.41, 5.74) is 2.99. The fourth-order valence-electron chi connectivity index (χ4n) is 3.61. The van der Waals surface area contributed by atoms with Crippen molar-refractivity contribution in [3.63, 3.8) is 0 Å². The molecule has 1 atom stereocenters. The number of hydrogen-bond donors (Lipinski definition) is 1. The highest BCUT2D eigenvalue weighted by molar-refractivity contribution is 9.10. The Morgan fingerprint density at radius 2 is 1.68 bits per heavy atom. The number of carbonyl (C=O) groups excluding carboxylic acids is 2. The lowest BCUT2D eigenvalue weighted by Gasteiger charge is -2.31. The number of nitrogens with zero attached hydrogens (tertiary/aromatic N) is 1. The van der Waals surface area contributed by atoms with Crippen LogP contribution in [0.4, 0.5) is 0 Å². The molecule has 0 aliphatic heterocycles. The Hall–Kier alpha value is -2.83. The first-order valence-electron chi connectivity index (χ1n) is 11.1. The van der Waals surface area contributed by atoms with Crippen molar-refractivity contribution in [2.24, 2.45) is 0 Å². The molecule has 0 aliphatic carbocycles. The van der Waals surface area contributed by atoms with Gasteiger partial charge in [-0.1, -0.05) is 67.1 Å². The first-order chi connectivity index (χ1) is 16.4. The lowest BCUT2D eigenvalue weighted by Crippen LogP contribution is -2.51. The van der Waals surface area contributed by atoms with Gasteiger partial charge >= 0.3 is 0 Å². The Bertz CT molecular complexity index is 1110. The van der Waals surface area contributed by atoms with Crippen molar-refractivity contribution in [2.45, 2.75) is 32.4 Å². The molecule has 178 valence electrons. The number of rotatable bonds is 10. The van der Waals surface area contributed by atoms with E-state index in [-0.39, 0.29) is 25.0 Å². The smallest absolute Gasteiger partial charge is 0.261 e. The Morgan fingerprint density at radius 3 is 2.29 bits per heavy atom. The number of halogens is 2. The third kappa shape index (κ3) is 7.08. The normalized spacial score (nSPS) is 11.5. The molecule has 0 radical (unpaired) electrons. The van der Waals surface area contributed by atoms with Crippen LogP contribution < -0.4 is 10.1 Å². The van der Waals surface area contributed by atoms with Crippen LogP contribution in [0, 0.1) is 0 Å². The van der Waals surface area contributed by atoms with E-state index in [1.165, 1.54) is 0 Å². The van der Waals surface area contributed by atoms with Crippen LogP contribution in [0.25, 0.3) is 0 Å². The van der Waals surface area contributed by atoms with Gasteiger partial charge in [-0.05, 0) is 63.3 Å². The summed E-state index contributed by atoms with van der Waals surface area (Å²) in [7, 11) is 1.58. The van der Waals surface area contributed by atoms with Crippen LogP contribution in [-0.4, -0.2) is 36.4 Å². The zero-order valence-electron chi connectivity index (χ0n) is 19.3. The van der Waals surface area contributed by atoms with E-state index in [1.807, 2.05) is 60.7 Å². The highest BCUT2D eigenvalue weighted by Crippen LogP contribution is 2.26. The lowest BCUT2D eigenvalue weighted by molar-refractivity contribution is -0.142. The van der Waals surface area contributed by atoms with E-state index in [0.717, 1.165) is 27.6 Å². The van der Waals surface area contributed by atoms with E-state index in [0.29, 0.717) is 17.2 Å². The number of ether oxygens (including phenoxy) is 1. The fourth-order valence-corrected chi connectivity index (χ4v) is 4.28. The van der Waals surface area contributed by atoms with Gasteiger partial charge in [-0.25, -0.2) is 0 Å². The molecule has 0 spiro atoms. The van der Waals surface area contributed by atoms with Crippen molar-refractivity contribution in [1.82, 2.24) is 10.2 Å². The maximum atomic E-state index is 13.5. The first kappa shape index (κ1) is 25.8. The second-order valence-corrected chi connectivity index (χ2v) is 9.17. The van der Waals surface area contributed by atoms with E-state index >= 15 is 0 Å². The number of benzene rings is 3. The summed E-state index contributed by atoms with van der Waals surface area (Å²) >= 11 is 9.56. The maximum absolute atomic E-state index is 13.5. The monoisotopic (exact) mass is 542 g/mol. The van der Waals surface area contributed by atoms with Crippen molar-refractivity contribution in [3.05, 3.63) is 99.0 Å². The van der Waals surface area contributed by atoms with Gasteiger partial charge in [0, 0.05) is 25.0 Å². The highest BCUT2D eigenvalue weighted by atomic mass is 79.9. The van der Waals surface area contributed by atoms with Gasteiger partial charge in [0.2, 0.25) is 5.91 Å². The molecule has 3 rings (SSSR count). The quantitative estimate of drug-likeness (QED) is 0.371. The summed E-state index contributed by atoms with van der Waals surface area (Å²) in [6.45, 7) is 2.13. The second-order valence-electron chi connectivity index (χ2n) is 7.87. The molecule has 0 aliphatic rings. The van der Waals surface area contributed by atoms with Gasteiger partial charge < -0.3 is 15.0 Å². The van der Waals surface area contributed by atoms with Crippen molar-refractivity contribution in [2.75, 3.05) is 13.7 Å². The molecule has 7 heteroatoms. The van der Waals surface area contributed by atoms with E-state index in [4.69, 9.17) is 16.3 Å².